The highest BCUT2D eigenvalue weighted by atomic mass is 32.2. The molecule has 15 heavy (non-hydrogen) atoms. The SMILES string of the molecule is C=S(=O)(O)C[C@]12CC[C@H](CC1=O)C2(C)C. The fourth-order valence-electron chi connectivity index (χ4n) is 3.49. The van der Waals surface area contributed by atoms with Crippen molar-refractivity contribution < 1.29 is 13.6 Å². The van der Waals surface area contributed by atoms with E-state index in [2.05, 4.69) is 19.7 Å². The zero-order valence-corrected chi connectivity index (χ0v) is 10.1. The van der Waals surface area contributed by atoms with Crippen LogP contribution in [0.25, 0.3) is 0 Å². The van der Waals surface area contributed by atoms with Crippen LogP contribution in [-0.2, 0) is 14.6 Å². The molecule has 0 saturated heterocycles. The molecule has 1 unspecified atom stereocenters. The highest BCUT2D eigenvalue weighted by Gasteiger charge is 2.64. The summed E-state index contributed by atoms with van der Waals surface area (Å²) in [6, 6.07) is 0. The first kappa shape index (κ1) is 11.1. The average Bonchev–Trinajstić information content (AvgIpc) is 2.34. The van der Waals surface area contributed by atoms with E-state index in [0.29, 0.717) is 12.3 Å². The molecule has 0 aromatic heterocycles. The number of hydrogen-bond acceptors (Lipinski definition) is 2. The molecular weight excluding hydrogens is 212 g/mol. The third kappa shape index (κ3) is 1.38. The Morgan fingerprint density at radius 3 is 2.53 bits per heavy atom. The monoisotopic (exact) mass is 230 g/mol. The maximum absolute atomic E-state index is 12.0. The molecule has 2 fully saturated rings. The van der Waals surface area contributed by atoms with Gasteiger partial charge in [-0.2, -0.15) is 0 Å². The average molecular weight is 230 g/mol. The van der Waals surface area contributed by atoms with Gasteiger partial charge in [-0.15, -0.1) is 0 Å². The smallest absolute Gasteiger partial charge is 0.140 e. The van der Waals surface area contributed by atoms with Crippen molar-refractivity contribution in [1.29, 1.82) is 0 Å². The van der Waals surface area contributed by atoms with Gasteiger partial charge in [0.05, 0.1) is 15.6 Å². The maximum atomic E-state index is 12.0. The molecule has 0 heterocycles. The number of ketones is 1. The van der Waals surface area contributed by atoms with Crippen LogP contribution < -0.4 is 0 Å². The molecule has 0 amide bonds. The van der Waals surface area contributed by atoms with Crippen LogP contribution in [0.3, 0.4) is 0 Å². The summed E-state index contributed by atoms with van der Waals surface area (Å²) < 4.78 is 20.9. The van der Waals surface area contributed by atoms with E-state index in [9.17, 15) is 13.6 Å². The van der Waals surface area contributed by atoms with Crippen molar-refractivity contribution in [3.05, 3.63) is 0 Å². The minimum Gasteiger partial charge on any atom is -0.314 e. The topological polar surface area (TPSA) is 54.4 Å². The Labute approximate surface area is 91.1 Å². The first-order valence-corrected chi connectivity index (χ1v) is 7.15. The zero-order valence-electron chi connectivity index (χ0n) is 9.28. The third-order valence-corrected chi connectivity index (χ3v) is 5.55. The van der Waals surface area contributed by atoms with Crippen LogP contribution in [0.2, 0.25) is 0 Å². The predicted molar refractivity (Wildman–Crippen MR) is 61.3 cm³/mol. The minimum absolute atomic E-state index is 0.0440. The highest BCUT2D eigenvalue weighted by molar-refractivity contribution is 7.95. The molecule has 0 spiro atoms. The summed E-state index contributed by atoms with van der Waals surface area (Å²) >= 11 is 0. The Morgan fingerprint density at radius 2 is 2.20 bits per heavy atom. The number of hydrogen-bond donors (Lipinski definition) is 1. The van der Waals surface area contributed by atoms with Crippen LogP contribution >= 0.6 is 0 Å². The van der Waals surface area contributed by atoms with Gasteiger partial charge < -0.3 is 4.55 Å². The van der Waals surface area contributed by atoms with Gasteiger partial charge in [-0.05, 0) is 30.0 Å². The van der Waals surface area contributed by atoms with Gasteiger partial charge in [0, 0.05) is 11.8 Å². The number of fused-ring (bicyclic) bond motifs is 2. The standard InChI is InChI=1S/C11H18O3S/c1-10(2)8-4-5-11(10,9(12)6-8)7-15(3,13)14/h8H,3-7H2,1-2H3,(H,13,14)/t8-,11-/m1/s1. The lowest BCUT2D eigenvalue weighted by molar-refractivity contribution is -0.128. The van der Waals surface area contributed by atoms with Crippen molar-refractivity contribution in [1.82, 2.24) is 0 Å². The number of carbonyl (C=O) groups is 1. The minimum atomic E-state index is -3.08. The molecule has 2 rings (SSSR count). The quantitative estimate of drug-likeness (QED) is 0.733. The Kier molecular flexibility index (Phi) is 2.12. The van der Waals surface area contributed by atoms with Gasteiger partial charge in [-0.1, -0.05) is 13.8 Å². The van der Waals surface area contributed by atoms with E-state index in [1.165, 1.54) is 0 Å². The largest absolute Gasteiger partial charge is 0.314 e. The van der Waals surface area contributed by atoms with E-state index in [0.717, 1.165) is 12.8 Å². The first-order chi connectivity index (χ1) is 6.69. The van der Waals surface area contributed by atoms with Crippen LogP contribution in [0.1, 0.15) is 33.1 Å². The predicted octanol–water partition coefficient (Wildman–Crippen LogP) is 1.57. The van der Waals surface area contributed by atoms with E-state index in [1.807, 2.05) is 0 Å². The third-order valence-electron chi connectivity index (χ3n) is 4.61. The normalized spacial score (nSPS) is 41.8. The summed E-state index contributed by atoms with van der Waals surface area (Å²) in [6.07, 6.45) is 2.35. The molecule has 3 atom stereocenters. The molecule has 4 heteroatoms. The van der Waals surface area contributed by atoms with Gasteiger partial charge in [-0.25, -0.2) is 4.21 Å². The van der Waals surface area contributed by atoms with Gasteiger partial charge in [-0.3, -0.25) is 4.79 Å². The zero-order chi connectivity index (χ0) is 11.5. The molecule has 86 valence electrons. The van der Waals surface area contributed by atoms with Crippen molar-refractivity contribution in [3.8, 4) is 0 Å². The Morgan fingerprint density at radius 1 is 1.60 bits per heavy atom. The lowest BCUT2D eigenvalue weighted by atomic mass is 9.70. The van der Waals surface area contributed by atoms with Gasteiger partial charge in [0.25, 0.3) is 0 Å². The molecule has 0 aromatic carbocycles. The Balaban J connectivity index is 2.45. The molecule has 3 nitrogen and oxygen atoms in total. The van der Waals surface area contributed by atoms with Crippen molar-refractivity contribution in [3.63, 3.8) is 0 Å². The molecule has 2 bridgehead atoms. The molecule has 1 N–H and O–H groups in total. The van der Waals surface area contributed by atoms with E-state index in [4.69, 9.17) is 0 Å². The van der Waals surface area contributed by atoms with Gasteiger partial charge >= 0.3 is 0 Å². The lowest BCUT2D eigenvalue weighted by Gasteiger charge is -2.36. The lowest BCUT2D eigenvalue weighted by Crippen LogP contribution is -2.41. The Bertz CT molecular complexity index is 408. The van der Waals surface area contributed by atoms with Crippen LogP contribution in [0.5, 0.6) is 0 Å². The maximum Gasteiger partial charge on any atom is 0.140 e. The van der Waals surface area contributed by atoms with Gasteiger partial charge in [0.15, 0.2) is 0 Å². The Hall–Kier alpha value is -0.350. The number of carbonyl (C=O) groups excluding carboxylic acids is 1. The van der Waals surface area contributed by atoms with Crippen LogP contribution in [0.15, 0.2) is 0 Å². The van der Waals surface area contributed by atoms with Crippen molar-refractivity contribution in [2.24, 2.45) is 16.7 Å². The molecular formula is C11H18O3S. The second kappa shape index (κ2) is 2.86. The molecule has 0 radical (unpaired) electrons. The summed E-state index contributed by atoms with van der Waals surface area (Å²) in [4.78, 5) is 12.0. The first-order valence-electron chi connectivity index (χ1n) is 5.30. The highest BCUT2D eigenvalue weighted by Crippen LogP contribution is 2.64. The van der Waals surface area contributed by atoms with E-state index in [-0.39, 0.29) is 17.0 Å². The summed E-state index contributed by atoms with van der Waals surface area (Å²) in [7, 11) is -3.08. The summed E-state index contributed by atoms with van der Waals surface area (Å²) in [5, 5.41) is 0. The van der Waals surface area contributed by atoms with Crippen LogP contribution in [0.4, 0.5) is 0 Å². The van der Waals surface area contributed by atoms with Gasteiger partial charge in [0.1, 0.15) is 5.78 Å². The van der Waals surface area contributed by atoms with Crippen molar-refractivity contribution in [2.45, 2.75) is 33.1 Å². The summed E-state index contributed by atoms with van der Waals surface area (Å²) in [5.74, 6) is 3.89. The second-order valence-electron chi connectivity index (χ2n) is 5.58. The summed E-state index contributed by atoms with van der Waals surface area (Å²) in [6.45, 7) is 4.11. The molecule has 0 aliphatic heterocycles. The van der Waals surface area contributed by atoms with Crippen LogP contribution in [0, 0.1) is 16.7 Å². The van der Waals surface area contributed by atoms with Gasteiger partial charge in [0.2, 0.25) is 0 Å². The van der Waals surface area contributed by atoms with Crippen molar-refractivity contribution >= 4 is 21.5 Å². The number of Topliss-reactive ketones (excluding diaryl/α,β-unsaturated/α-hetero) is 1. The fourth-order valence-corrected chi connectivity index (χ4v) is 4.94. The molecule has 2 aliphatic carbocycles. The summed E-state index contributed by atoms with van der Waals surface area (Å²) in [5.41, 5.74) is -0.710. The van der Waals surface area contributed by atoms with E-state index in [1.54, 1.807) is 0 Å². The second-order valence-corrected chi connectivity index (χ2v) is 7.42. The molecule has 2 aliphatic rings. The molecule has 0 aromatic rings. The molecule has 2 saturated carbocycles. The fraction of sp³-hybridized carbons (Fsp3) is 0.818. The van der Waals surface area contributed by atoms with Crippen molar-refractivity contribution in [2.75, 3.05) is 5.75 Å². The van der Waals surface area contributed by atoms with E-state index >= 15 is 0 Å². The van der Waals surface area contributed by atoms with Crippen LogP contribution in [-0.4, -0.2) is 26.2 Å². The van der Waals surface area contributed by atoms with E-state index < -0.39 is 15.2 Å². The number of rotatable bonds is 2.